The number of amides is 1. The molecule has 0 spiro atoms. The average Bonchev–Trinajstić information content (AvgIpc) is 2.37. The fourth-order valence-electron chi connectivity index (χ4n) is 1.44. The molecule has 0 aliphatic heterocycles. The van der Waals surface area contributed by atoms with Crippen LogP contribution in [0.4, 0.5) is 5.69 Å². The van der Waals surface area contributed by atoms with Gasteiger partial charge in [0.2, 0.25) is 0 Å². The molecule has 7 heteroatoms. The molecule has 0 fully saturated rings. The molecule has 0 unspecified atom stereocenters. The Labute approximate surface area is 109 Å². The molecule has 18 heavy (non-hydrogen) atoms. The zero-order valence-electron chi connectivity index (χ0n) is 10.1. The van der Waals surface area contributed by atoms with E-state index in [-0.39, 0.29) is 30.3 Å². The number of hydrogen-bond donors (Lipinski definition) is 1. The predicted octanol–water partition coefficient (Wildman–Crippen LogP) is 1.38. The monoisotopic (exact) mass is 270 g/mol. The van der Waals surface area contributed by atoms with E-state index in [1.165, 1.54) is 29.8 Å². The summed E-state index contributed by atoms with van der Waals surface area (Å²) in [4.78, 5) is 24.1. The lowest BCUT2D eigenvalue weighted by Crippen LogP contribution is -2.29. The zero-order valence-corrected chi connectivity index (χ0v) is 10.9. The van der Waals surface area contributed by atoms with Crippen LogP contribution in [0.3, 0.4) is 0 Å². The summed E-state index contributed by atoms with van der Waals surface area (Å²) in [5.74, 6) is -0.347. The molecule has 1 rings (SSSR count). The maximum atomic E-state index is 11.9. The van der Waals surface area contributed by atoms with Gasteiger partial charge >= 0.3 is 0 Å². The molecule has 0 aromatic heterocycles. The van der Waals surface area contributed by atoms with Crippen LogP contribution >= 0.6 is 11.8 Å². The summed E-state index contributed by atoms with van der Waals surface area (Å²) in [5.41, 5.74) is 0.168. The van der Waals surface area contributed by atoms with E-state index in [0.717, 1.165) is 0 Å². The molecule has 1 aromatic rings. The van der Waals surface area contributed by atoms with Crippen LogP contribution in [-0.4, -0.2) is 47.3 Å². The Morgan fingerprint density at radius 1 is 1.56 bits per heavy atom. The molecule has 98 valence electrons. The van der Waals surface area contributed by atoms with Crippen molar-refractivity contribution in [2.75, 3.05) is 26.5 Å². The van der Waals surface area contributed by atoms with E-state index in [0.29, 0.717) is 4.90 Å². The van der Waals surface area contributed by atoms with Crippen molar-refractivity contribution >= 4 is 23.4 Å². The lowest BCUT2D eigenvalue weighted by molar-refractivity contribution is -0.387. The second-order valence-corrected chi connectivity index (χ2v) is 4.44. The van der Waals surface area contributed by atoms with Gasteiger partial charge in [0.25, 0.3) is 11.6 Å². The number of carbonyl (C=O) groups excluding carboxylic acids is 1. The molecule has 0 aliphatic carbocycles. The van der Waals surface area contributed by atoms with E-state index in [1.807, 2.05) is 0 Å². The van der Waals surface area contributed by atoms with Crippen molar-refractivity contribution < 1.29 is 14.8 Å². The minimum Gasteiger partial charge on any atom is -0.395 e. The van der Waals surface area contributed by atoms with Crippen LogP contribution in [0.2, 0.25) is 0 Å². The minimum absolute atomic E-state index is 0.0780. The average molecular weight is 270 g/mol. The van der Waals surface area contributed by atoms with Gasteiger partial charge in [-0.05, 0) is 18.4 Å². The van der Waals surface area contributed by atoms with E-state index >= 15 is 0 Å². The molecule has 0 radical (unpaired) electrons. The van der Waals surface area contributed by atoms with Crippen molar-refractivity contribution in [2.45, 2.75) is 4.90 Å². The van der Waals surface area contributed by atoms with Gasteiger partial charge in [-0.15, -0.1) is 11.8 Å². The van der Waals surface area contributed by atoms with E-state index in [9.17, 15) is 14.9 Å². The van der Waals surface area contributed by atoms with Crippen LogP contribution < -0.4 is 0 Å². The molecule has 1 amide bonds. The maximum absolute atomic E-state index is 11.9. The van der Waals surface area contributed by atoms with Crippen molar-refractivity contribution in [3.05, 3.63) is 33.9 Å². The van der Waals surface area contributed by atoms with E-state index in [2.05, 4.69) is 0 Å². The highest BCUT2D eigenvalue weighted by atomic mass is 32.2. The Balaban J connectivity index is 3.08. The Bertz CT molecular complexity index is 464. The number of thioether (sulfide) groups is 1. The third-order valence-electron chi connectivity index (χ3n) is 2.40. The molecule has 0 heterocycles. The fraction of sp³-hybridized carbons (Fsp3) is 0.364. The Hall–Kier alpha value is -1.60. The van der Waals surface area contributed by atoms with Crippen molar-refractivity contribution in [1.29, 1.82) is 0 Å². The molecule has 0 bridgehead atoms. The predicted molar refractivity (Wildman–Crippen MR) is 68.9 cm³/mol. The number of nitrogens with zero attached hydrogens (tertiary/aromatic N) is 2. The summed E-state index contributed by atoms with van der Waals surface area (Å²) >= 11 is 1.26. The highest BCUT2D eigenvalue weighted by Crippen LogP contribution is 2.28. The van der Waals surface area contributed by atoms with Crippen LogP contribution in [0, 0.1) is 10.1 Å². The molecule has 1 aromatic carbocycles. The Kier molecular flexibility index (Phi) is 5.11. The smallest absolute Gasteiger partial charge is 0.283 e. The Morgan fingerprint density at radius 3 is 2.72 bits per heavy atom. The Morgan fingerprint density at radius 2 is 2.22 bits per heavy atom. The van der Waals surface area contributed by atoms with Crippen molar-refractivity contribution in [3.63, 3.8) is 0 Å². The van der Waals surface area contributed by atoms with Gasteiger partial charge in [-0.3, -0.25) is 14.9 Å². The fourth-order valence-corrected chi connectivity index (χ4v) is 1.98. The molecule has 0 saturated heterocycles. The number of aliphatic hydroxyl groups is 1. The first-order valence-electron chi connectivity index (χ1n) is 5.20. The number of nitro benzene ring substituents is 1. The molecule has 1 N–H and O–H groups in total. The second-order valence-electron chi connectivity index (χ2n) is 3.59. The van der Waals surface area contributed by atoms with Gasteiger partial charge in [0.05, 0.1) is 16.4 Å². The van der Waals surface area contributed by atoms with E-state index in [4.69, 9.17) is 5.11 Å². The van der Waals surface area contributed by atoms with Crippen LogP contribution in [-0.2, 0) is 0 Å². The van der Waals surface area contributed by atoms with Crippen molar-refractivity contribution in [3.8, 4) is 0 Å². The highest BCUT2D eigenvalue weighted by Gasteiger charge is 2.18. The van der Waals surface area contributed by atoms with Gasteiger partial charge in [-0.25, -0.2) is 0 Å². The molecular formula is C11H14N2O4S. The molecule has 0 atom stereocenters. The summed E-state index contributed by atoms with van der Waals surface area (Å²) in [5, 5.41) is 19.6. The number of rotatable bonds is 5. The number of carbonyl (C=O) groups is 1. The largest absolute Gasteiger partial charge is 0.395 e. The zero-order chi connectivity index (χ0) is 13.7. The first kappa shape index (κ1) is 14.5. The summed E-state index contributed by atoms with van der Waals surface area (Å²) < 4.78 is 0. The van der Waals surface area contributed by atoms with Gasteiger partial charge in [0, 0.05) is 25.2 Å². The summed E-state index contributed by atoms with van der Waals surface area (Å²) in [7, 11) is 1.53. The second kappa shape index (κ2) is 6.36. The first-order chi connectivity index (χ1) is 8.51. The van der Waals surface area contributed by atoms with Gasteiger partial charge in [-0.1, -0.05) is 0 Å². The molecule has 0 aliphatic rings. The van der Waals surface area contributed by atoms with E-state index < -0.39 is 4.92 Å². The molecule has 6 nitrogen and oxygen atoms in total. The number of nitro groups is 1. The lowest BCUT2D eigenvalue weighted by Gasteiger charge is -2.15. The number of hydrogen-bond acceptors (Lipinski definition) is 5. The summed E-state index contributed by atoms with van der Waals surface area (Å²) in [6.07, 6.45) is 1.74. The number of aliphatic hydroxyl groups excluding tert-OH is 1. The first-order valence-corrected chi connectivity index (χ1v) is 6.42. The number of benzene rings is 1. The molecule has 0 saturated carbocycles. The van der Waals surface area contributed by atoms with Crippen LogP contribution in [0.15, 0.2) is 23.1 Å². The van der Waals surface area contributed by atoms with Crippen LogP contribution in [0.25, 0.3) is 0 Å². The number of likely N-dealkylation sites (N-methyl/N-ethyl adjacent to an activating group) is 1. The summed E-state index contributed by atoms with van der Waals surface area (Å²) in [6.45, 7) is 0.0458. The summed E-state index contributed by atoms with van der Waals surface area (Å²) in [6, 6.07) is 4.37. The van der Waals surface area contributed by atoms with Crippen LogP contribution in [0.5, 0.6) is 0 Å². The van der Waals surface area contributed by atoms with Crippen molar-refractivity contribution in [1.82, 2.24) is 4.90 Å². The van der Waals surface area contributed by atoms with E-state index in [1.54, 1.807) is 18.4 Å². The molecular weight excluding hydrogens is 256 g/mol. The van der Waals surface area contributed by atoms with Gasteiger partial charge < -0.3 is 10.0 Å². The van der Waals surface area contributed by atoms with Crippen molar-refractivity contribution in [2.24, 2.45) is 0 Å². The third-order valence-corrected chi connectivity index (χ3v) is 3.19. The van der Waals surface area contributed by atoms with Crippen LogP contribution in [0.1, 0.15) is 10.4 Å². The highest BCUT2D eigenvalue weighted by molar-refractivity contribution is 7.98. The topological polar surface area (TPSA) is 83.7 Å². The lowest BCUT2D eigenvalue weighted by atomic mass is 10.2. The quantitative estimate of drug-likeness (QED) is 0.496. The maximum Gasteiger partial charge on any atom is 0.283 e. The van der Waals surface area contributed by atoms with Gasteiger partial charge in [-0.2, -0.15) is 0 Å². The van der Waals surface area contributed by atoms with Gasteiger partial charge in [0.1, 0.15) is 0 Å². The normalized spacial score (nSPS) is 10.2. The standard InChI is InChI=1S/C11H14N2O4S/c1-12(5-6-14)11(15)8-3-4-10(18-2)9(7-8)13(16)17/h3-4,7,14H,5-6H2,1-2H3. The third kappa shape index (κ3) is 3.21. The van der Waals surface area contributed by atoms with Gasteiger partial charge in [0.15, 0.2) is 0 Å². The SMILES string of the molecule is CSc1ccc(C(=O)N(C)CCO)cc1[N+](=O)[O-]. The minimum atomic E-state index is -0.505.